The molecule has 0 bridgehead atoms. The van der Waals surface area contributed by atoms with E-state index in [0.29, 0.717) is 0 Å². The molecule has 18 heavy (non-hydrogen) atoms. The van der Waals surface area contributed by atoms with Gasteiger partial charge < -0.3 is 16.0 Å². The molecule has 0 aromatic rings. The first-order chi connectivity index (χ1) is 8.51. The van der Waals surface area contributed by atoms with Crippen LogP contribution in [0.15, 0.2) is 0 Å². The van der Waals surface area contributed by atoms with Crippen molar-refractivity contribution in [3.8, 4) is 6.07 Å². The van der Waals surface area contributed by atoms with Crippen molar-refractivity contribution in [2.75, 3.05) is 13.1 Å². The summed E-state index contributed by atoms with van der Waals surface area (Å²) >= 11 is 0. The molecule has 0 saturated heterocycles. The molecule has 7 heteroatoms. The summed E-state index contributed by atoms with van der Waals surface area (Å²) in [5.41, 5.74) is 0. The maximum Gasteiger partial charge on any atom is 0.310 e. The molecular formula is C11H18N4O3. The van der Waals surface area contributed by atoms with Crippen molar-refractivity contribution in [1.29, 1.82) is 5.26 Å². The standard InChI is InChI=1S/C11H18N4O3/c1-3-8(2)15-9(16)4-6-13-10(17)11(18)14-7-5-12/h8H,3-4,6-7H2,1-2H3,(H,13,17)(H,14,18)(H,15,16). The molecule has 0 aliphatic carbocycles. The zero-order chi connectivity index (χ0) is 14.0. The molecule has 0 aromatic carbocycles. The van der Waals surface area contributed by atoms with Gasteiger partial charge in [-0.3, -0.25) is 14.4 Å². The van der Waals surface area contributed by atoms with E-state index in [1.165, 1.54) is 0 Å². The van der Waals surface area contributed by atoms with Crippen LogP contribution in [0.2, 0.25) is 0 Å². The molecule has 0 aromatic heterocycles. The van der Waals surface area contributed by atoms with Crippen LogP contribution in [0, 0.1) is 11.3 Å². The normalized spacial score (nSPS) is 10.9. The van der Waals surface area contributed by atoms with Gasteiger partial charge in [0.05, 0.1) is 6.07 Å². The van der Waals surface area contributed by atoms with Gasteiger partial charge in [-0.25, -0.2) is 0 Å². The Morgan fingerprint density at radius 2 is 1.83 bits per heavy atom. The molecule has 0 spiro atoms. The van der Waals surface area contributed by atoms with Gasteiger partial charge in [0.2, 0.25) is 5.91 Å². The highest BCUT2D eigenvalue weighted by Gasteiger charge is 2.12. The summed E-state index contributed by atoms with van der Waals surface area (Å²) in [5.74, 6) is -1.90. The third-order valence-electron chi connectivity index (χ3n) is 2.19. The average molecular weight is 254 g/mol. The van der Waals surface area contributed by atoms with Crippen molar-refractivity contribution in [1.82, 2.24) is 16.0 Å². The third-order valence-corrected chi connectivity index (χ3v) is 2.19. The van der Waals surface area contributed by atoms with Gasteiger partial charge in [0.25, 0.3) is 0 Å². The number of nitrogens with zero attached hydrogens (tertiary/aromatic N) is 1. The van der Waals surface area contributed by atoms with E-state index in [2.05, 4.69) is 16.0 Å². The topological polar surface area (TPSA) is 111 Å². The second kappa shape index (κ2) is 8.98. The number of hydrogen-bond donors (Lipinski definition) is 3. The highest BCUT2D eigenvalue weighted by molar-refractivity contribution is 6.35. The number of rotatable bonds is 6. The zero-order valence-electron chi connectivity index (χ0n) is 10.6. The van der Waals surface area contributed by atoms with Gasteiger partial charge in [0.15, 0.2) is 0 Å². The molecule has 0 fully saturated rings. The van der Waals surface area contributed by atoms with Crippen molar-refractivity contribution in [3.05, 3.63) is 0 Å². The molecular weight excluding hydrogens is 236 g/mol. The summed E-state index contributed by atoms with van der Waals surface area (Å²) in [6, 6.07) is 1.77. The van der Waals surface area contributed by atoms with Gasteiger partial charge in [-0.05, 0) is 13.3 Å². The number of carbonyl (C=O) groups excluding carboxylic acids is 3. The fraction of sp³-hybridized carbons (Fsp3) is 0.636. The van der Waals surface area contributed by atoms with Gasteiger partial charge in [-0.1, -0.05) is 6.92 Å². The first-order valence-electron chi connectivity index (χ1n) is 5.73. The van der Waals surface area contributed by atoms with Crippen LogP contribution in [0.25, 0.3) is 0 Å². The van der Waals surface area contributed by atoms with Crippen LogP contribution in [0.3, 0.4) is 0 Å². The van der Waals surface area contributed by atoms with Gasteiger partial charge in [0, 0.05) is 19.0 Å². The summed E-state index contributed by atoms with van der Waals surface area (Å²) in [4.78, 5) is 33.5. The minimum atomic E-state index is -0.876. The van der Waals surface area contributed by atoms with E-state index in [4.69, 9.17) is 5.26 Å². The van der Waals surface area contributed by atoms with Crippen LogP contribution in [0.5, 0.6) is 0 Å². The Bertz CT molecular complexity index is 349. The van der Waals surface area contributed by atoms with Crippen molar-refractivity contribution in [3.63, 3.8) is 0 Å². The average Bonchev–Trinajstić information content (AvgIpc) is 2.35. The van der Waals surface area contributed by atoms with Gasteiger partial charge in [-0.2, -0.15) is 5.26 Å². The maximum absolute atomic E-state index is 11.3. The molecule has 0 rings (SSSR count). The van der Waals surface area contributed by atoms with Gasteiger partial charge in [-0.15, -0.1) is 0 Å². The summed E-state index contributed by atoms with van der Waals surface area (Å²) in [5, 5.41) is 15.3. The highest BCUT2D eigenvalue weighted by Crippen LogP contribution is 1.88. The molecule has 0 heterocycles. The fourth-order valence-electron chi connectivity index (χ4n) is 1.02. The van der Waals surface area contributed by atoms with Crippen LogP contribution in [0.4, 0.5) is 0 Å². The fourth-order valence-corrected chi connectivity index (χ4v) is 1.02. The maximum atomic E-state index is 11.3. The molecule has 1 unspecified atom stereocenters. The Kier molecular flexibility index (Phi) is 7.94. The molecule has 0 aliphatic heterocycles. The number of nitriles is 1. The van der Waals surface area contributed by atoms with E-state index in [1.54, 1.807) is 6.07 Å². The first kappa shape index (κ1) is 15.9. The van der Waals surface area contributed by atoms with Crippen LogP contribution < -0.4 is 16.0 Å². The molecule has 1 atom stereocenters. The number of nitrogens with one attached hydrogen (secondary N) is 3. The van der Waals surface area contributed by atoms with Crippen molar-refractivity contribution >= 4 is 17.7 Å². The second-order valence-corrected chi connectivity index (χ2v) is 3.72. The largest absolute Gasteiger partial charge is 0.354 e. The summed E-state index contributed by atoms with van der Waals surface area (Å²) < 4.78 is 0. The Morgan fingerprint density at radius 3 is 2.39 bits per heavy atom. The molecule has 3 amide bonds. The van der Waals surface area contributed by atoms with Crippen LogP contribution >= 0.6 is 0 Å². The minimum absolute atomic E-state index is 0.0844. The molecule has 0 radical (unpaired) electrons. The molecule has 100 valence electrons. The van der Waals surface area contributed by atoms with E-state index in [0.717, 1.165) is 6.42 Å². The lowest BCUT2D eigenvalue weighted by Gasteiger charge is -2.11. The van der Waals surface area contributed by atoms with Gasteiger partial charge in [0.1, 0.15) is 6.54 Å². The summed E-state index contributed by atoms with van der Waals surface area (Å²) in [6.07, 6.45) is 0.941. The Labute approximate surface area is 106 Å². The van der Waals surface area contributed by atoms with Gasteiger partial charge >= 0.3 is 11.8 Å². The first-order valence-corrected chi connectivity index (χ1v) is 5.73. The second-order valence-electron chi connectivity index (χ2n) is 3.72. The summed E-state index contributed by atoms with van der Waals surface area (Å²) in [6.45, 7) is 3.69. The van der Waals surface area contributed by atoms with Crippen LogP contribution in [0.1, 0.15) is 26.7 Å². The number of hydrogen-bond acceptors (Lipinski definition) is 4. The molecule has 7 nitrogen and oxygen atoms in total. The highest BCUT2D eigenvalue weighted by atomic mass is 16.2. The van der Waals surface area contributed by atoms with E-state index in [-0.39, 0.29) is 31.5 Å². The van der Waals surface area contributed by atoms with E-state index >= 15 is 0 Å². The smallest absolute Gasteiger partial charge is 0.310 e. The SMILES string of the molecule is CCC(C)NC(=O)CCNC(=O)C(=O)NCC#N. The lowest BCUT2D eigenvalue weighted by Crippen LogP contribution is -2.41. The Morgan fingerprint density at radius 1 is 1.22 bits per heavy atom. The monoisotopic (exact) mass is 254 g/mol. The van der Waals surface area contributed by atoms with E-state index < -0.39 is 11.8 Å². The number of amides is 3. The Balaban J connectivity index is 3.77. The van der Waals surface area contributed by atoms with E-state index in [9.17, 15) is 14.4 Å². The summed E-state index contributed by atoms with van der Waals surface area (Å²) in [7, 11) is 0. The number of carbonyl (C=O) groups is 3. The lowest BCUT2D eigenvalue weighted by atomic mass is 10.2. The van der Waals surface area contributed by atoms with Crippen molar-refractivity contribution < 1.29 is 14.4 Å². The Hall–Kier alpha value is -2.10. The van der Waals surface area contributed by atoms with E-state index in [1.807, 2.05) is 13.8 Å². The molecule has 0 saturated carbocycles. The quantitative estimate of drug-likeness (QED) is 0.419. The lowest BCUT2D eigenvalue weighted by molar-refractivity contribution is -0.139. The third kappa shape index (κ3) is 7.22. The molecule has 0 aliphatic rings. The predicted molar refractivity (Wildman–Crippen MR) is 64.1 cm³/mol. The van der Waals surface area contributed by atoms with Crippen molar-refractivity contribution in [2.45, 2.75) is 32.7 Å². The van der Waals surface area contributed by atoms with Crippen LogP contribution in [-0.4, -0.2) is 36.9 Å². The zero-order valence-corrected chi connectivity index (χ0v) is 10.6. The van der Waals surface area contributed by atoms with Crippen molar-refractivity contribution in [2.24, 2.45) is 0 Å². The molecule has 3 N–H and O–H groups in total. The minimum Gasteiger partial charge on any atom is -0.354 e. The van der Waals surface area contributed by atoms with Crippen LogP contribution in [-0.2, 0) is 14.4 Å². The predicted octanol–water partition coefficient (Wildman–Crippen LogP) is -0.953.